The molecular formula is C12H17ClN2O2. The minimum absolute atomic E-state index is 0.0957. The fourth-order valence-electron chi connectivity index (χ4n) is 1.79. The lowest BCUT2D eigenvalue weighted by molar-refractivity contribution is -0.385. The van der Waals surface area contributed by atoms with E-state index < -0.39 is 0 Å². The van der Waals surface area contributed by atoms with Crippen molar-refractivity contribution in [3.8, 4) is 0 Å². The van der Waals surface area contributed by atoms with Crippen molar-refractivity contribution >= 4 is 17.3 Å². The highest BCUT2D eigenvalue weighted by Crippen LogP contribution is 2.25. The van der Waals surface area contributed by atoms with Crippen molar-refractivity contribution in [2.24, 2.45) is 5.92 Å². The van der Waals surface area contributed by atoms with Crippen LogP contribution in [-0.2, 0) is 6.42 Å². The van der Waals surface area contributed by atoms with Crippen LogP contribution in [0.4, 0.5) is 5.69 Å². The van der Waals surface area contributed by atoms with Crippen molar-refractivity contribution in [2.45, 2.75) is 26.3 Å². The van der Waals surface area contributed by atoms with Gasteiger partial charge in [-0.25, -0.2) is 0 Å². The third kappa shape index (κ3) is 3.68. The van der Waals surface area contributed by atoms with Crippen LogP contribution in [0.2, 0.25) is 5.02 Å². The Balaban J connectivity index is 3.01. The van der Waals surface area contributed by atoms with E-state index in [4.69, 9.17) is 11.6 Å². The lowest BCUT2D eigenvalue weighted by Gasteiger charge is -2.20. The fraction of sp³-hybridized carbons (Fsp3) is 0.500. The minimum atomic E-state index is -0.381. The molecule has 0 saturated carbocycles. The van der Waals surface area contributed by atoms with Crippen molar-refractivity contribution in [3.05, 3.63) is 38.9 Å². The molecule has 0 radical (unpaired) electrons. The molecule has 0 heterocycles. The van der Waals surface area contributed by atoms with Crippen molar-refractivity contribution in [1.82, 2.24) is 5.32 Å². The molecule has 1 aromatic carbocycles. The van der Waals surface area contributed by atoms with Crippen molar-refractivity contribution in [2.75, 3.05) is 7.05 Å². The number of nitrogens with zero attached hydrogens (tertiary/aromatic N) is 1. The van der Waals surface area contributed by atoms with Crippen LogP contribution in [0.3, 0.4) is 0 Å². The zero-order valence-corrected chi connectivity index (χ0v) is 11.0. The molecule has 94 valence electrons. The molecule has 0 aliphatic heterocycles. The van der Waals surface area contributed by atoms with Crippen LogP contribution in [0.25, 0.3) is 0 Å². The first kappa shape index (κ1) is 13.9. The van der Waals surface area contributed by atoms with Gasteiger partial charge in [0.2, 0.25) is 0 Å². The van der Waals surface area contributed by atoms with E-state index in [0.717, 1.165) is 0 Å². The van der Waals surface area contributed by atoms with Gasteiger partial charge < -0.3 is 5.32 Å². The van der Waals surface area contributed by atoms with E-state index in [1.807, 2.05) is 7.05 Å². The second kappa shape index (κ2) is 5.98. The topological polar surface area (TPSA) is 55.2 Å². The molecule has 17 heavy (non-hydrogen) atoms. The summed E-state index contributed by atoms with van der Waals surface area (Å²) in [6.07, 6.45) is 0.627. The first-order valence-electron chi connectivity index (χ1n) is 5.55. The molecule has 0 bridgehead atoms. The Morgan fingerprint density at radius 2 is 2.12 bits per heavy atom. The number of hydrogen-bond acceptors (Lipinski definition) is 3. The number of halogens is 1. The third-order valence-electron chi connectivity index (χ3n) is 2.86. The molecule has 4 nitrogen and oxygen atoms in total. The molecule has 0 amide bonds. The highest BCUT2D eigenvalue weighted by Gasteiger charge is 2.19. The van der Waals surface area contributed by atoms with E-state index in [1.54, 1.807) is 12.1 Å². The summed E-state index contributed by atoms with van der Waals surface area (Å²) in [6.45, 7) is 4.17. The molecule has 0 fully saturated rings. The second-order valence-electron chi connectivity index (χ2n) is 4.37. The first-order chi connectivity index (χ1) is 7.95. The molecule has 1 rings (SSSR count). The Morgan fingerprint density at radius 3 is 2.59 bits per heavy atom. The standard InChI is InChI=1S/C12H17ClN2O2/c1-8(2)11(14-3)6-9-4-5-10(13)7-12(9)15(16)17/h4-5,7-8,11,14H,6H2,1-3H3. The fourth-order valence-corrected chi connectivity index (χ4v) is 1.95. The summed E-state index contributed by atoms with van der Waals surface area (Å²) in [5.41, 5.74) is 0.811. The first-order valence-corrected chi connectivity index (χ1v) is 5.93. The summed E-state index contributed by atoms with van der Waals surface area (Å²) >= 11 is 5.77. The summed E-state index contributed by atoms with van der Waals surface area (Å²) in [5.74, 6) is 0.412. The second-order valence-corrected chi connectivity index (χ2v) is 4.81. The van der Waals surface area contributed by atoms with Crippen LogP contribution >= 0.6 is 11.6 Å². The molecule has 1 atom stereocenters. The van der Waals surface area contributed by atoms with Gasteiger partial charge in [0.1, 0.15) is 0 Å². The molecule has 1 unspecified atom stereocenters. The normalized spacial score (nSPS) is 12.8. The molecular weight excluding hydrogens is 240 g/mol. The number of nitro groups is 1. The van der Waals surface area contributed by atoms with E-state index in [0.29, 0.717) is 22.9 Å². The highest BCUT2D eigenvalue weighted by molar-refractivity contribution is 6.30. The van der Waals surface area contributed by atoms with Gasteiger partial charge in [-0.15, -0.1) is 0 Å². The average Bonchev–Trinajstić information content (AvgIpc) is 2.26. The van der Waals surface area contributed by atoms with Crippen LogP contribution in [0.15, 0.2) is 18.2 Å². The summed E-state index contributed by atoms with van der Waals surface area (Å²) in [4.78, 5) is 10.6. The SMILES string of the molecule is CNC(Cc1ccc(Cl)cc1[N+](=O)[O-])C(C)C. The van der Waals surface area contributed by atoms with Crippen LogP contribution in [0.5, 0.6) is 0 Å². The monoisotopic (exact) mass is 256 g/mol. The largest absolute Gasteiger partial charge is 0.316 e. The summed E-state index contributed by atoms with van der Waals surface area (Å²) < 4.78 is 0. The van der Waals surface area contributed by atoms with Crippen LogP contribution in [-0.4, -0.2) is 18.0 Å². The molecule has 1 aromatic rings. The number of rotatable bonds is 5. The summed E-state index contributed by atoms with van der Waals surface area (Å²) in [7, 11) is 1.87. The van der Waals surface area contributed by atoms with E-state index in [1.165, 1.54) is 6.07 Å². The van der Waals surface area contributed by atoms with Gasteiger partial charge in [-0.1, -0.05) is 31.5 Å². The Morgan fingerprint density at radius 1 is 1.47 bits per heavy atom. The molecule has 0 spiro atoms. The van der Waals surface area contributed by atoms with Gasteiger partial charge in [0.25, 0.3) is 5.69 Å². The van der Waals surface area contributed by atoms with Gasteiger partial charge >= 0.3 is 0 Å². The lowest BCUT2D eigenvalue weighted by Crippen LogP contribution is -2.32. The molecule has 5 heteroatoms. The van der Waals surface area contributed by atoms with Crippen molar-refractivity contribution in [1.29, 1.82) is 0 Å². The van der Waals surface area contributed by atoms with Crippen LogP contribution < -0.4 is 5.32 Å². The zero-order chi connectivity index (χ0) is 13.0. The van der Waals surface area contributed by atoms with Gasteiger partial charge in [0.15, 0.2) is 0 Å². The minimum Gasteiger partial charge on any atom is -0.316 e. The molecule has 1 N–H and O–H groups in total. The number of nitro benzene ring substituents is 1. The Bertz CT molecular complexity index is 407. The summed E-state index contributed by atoms with van der Waals surface area (Å²) in [6, 6.07) is 5.04. The number of hydrogen-bond donors (Lipinski definition) is 1. The molecule has 0 aromatic heterocycles. The zero-order valence-electron chi connectivity index (χ0n) is 10.2. The lowest BCUT2D eigenvalue weighted by atomic mass is 9.96. The van der Waals surface area contributed by atoms with Gasteiger partial charge in [-0.3, -0.25) is 10.1 Å². The average molecular weight is 257 g/mol. The predicted molar refractivity (Wildman–Crippen MR) is 69.5 cm³/mol. The number of benzene rings is 1. The van der Waals surface area contributed by atoms with Crippen LogP contribution in [0, 0.1) is 16.0 Å². The Hall–Kier alpha value is -1.13. The van der Waals surface area contributed by atoms with E-state index in [2.05, 4.69) is 19.2 Å². The van der Waals surface area contributed by atoms with E-state index >= 15 is 0 Å². The van der Waals surface area contributed by atoms with Gasteiger partial charge in [-0.05, 0) is 25.5 Å². The third-order valence-corrected chi connectivity index (χ3v) is 3.09. The van der Waals surface area contributed by atoms with Gasteiger partial charge in [0.05, 0.1) is 4.92 Å². The Labute approximate surface area is 106 Å². The van der Waals surface area contributed by atoms with E-state index in [-0.39, 0.29) is 16.7 Å². The highest BCUT2D eigenvalue weighted by atomic mass is 35.5. The quantitative estimate of drug-likeness (QED) is 0.651. The maximum atomic E-state index is 10.9. The number of nitrogens with one attached hydrogen (secondary N) is 1. The molecule has 0 saturated heterocycles. The maximum absolute atomic E-state index is 10.9. The smallest absolute Gasteiger partial charge is 0.274 e. The van der Waals surface area contributed by atoms with Gasteiger partial charge in [0, 0.05) is 22.7 Å². The maximum Gasteiger partial charge on any atom is 0.274 e. The molecule has 0 aliphatic carbocycles. The Kier molecular flexibility index (Phi) is 4.90. The van der Waals surface area contributed by atoms with Crippen molar-refractivity contribution in [3.63, 3.8) is 0 Å². The number of likely N-dealkylation sites (N-methyl/N-ethyl adjacent to an activating group) is 1. The van der Waals surface area contributed by atoms with Gasteiger partial charge in [-0.2, -0.15) is 0 Å². The van der Waals surface area contributed by atoms with Crippen molar-refractivity contribution < 1.29 is 4.92 Å². The van der Waals surface area contributed by atoms with E-state index in [9.17, 15) is 10.1 Å². The van der Waals surface area contributed by atoms with Crippen LogP contribution in [0.1, 0.15) is 19.4 Å². The summed E-state index contributed by atoms with van der Waals surface area (Å²) in [5, 5.41) is 14.5. The molecule has 0 aliphatic rings. The predicted octanol–water partition coefficient (Wildman–Crippen LogP) is 3.03.